The Morgan fingerprint density at radius 2 is 1.81 bits per heavy atom. The van der Waals surface area contributed by atoms with Crippen LogP contribution in [0.15, 0.2) is 30.5 Å². The van der Waals surface area contributed by atoms with Crippen molar-refractivity contribution in [3.8, 4) is 0 Å². The summed E-state index contributed by atoms with van der Waals surface area (Å²) in [6.45, 7) is 8.69. The summed E-state index contributed by atoms with van der Waals surface area (Å²) >= 11 is 0. The monoisotopic (exact) mass is 286 g/mol. The summed E-state index contributed by atoms with van der Waals surface area (Å²) in [6, 6.07) is 8.55. The lowest BCUT2D eigenvalue weighted by Gasteiger charge is -2.19. The summed E-state index contributed by atoms with van der Waals surface area (Å²) in [5, 5.41) is 14.9. The molecule has 3 heteroatoms. The van der Waals surface area contributed by atoms with E-state index >= 15 is 0 Å². The highest BCUT2D eigenvalue weighted by atomic mass is 16.3. The number of hydrogen-bond acceptors (Lipinski definition) is 2. The molecule has 0 fully saturated rings. The number of aryl methyl sites for hydroxylation is 2. The molecule has 0 saturated carbocycles. The lowest BCUT2D eigenvalue weighted by Crippen LogP contribution is -2.11. The van der Waals surface area contributed by atoms with Crippen LogP contribution in [0.2, 0.25) is 0 Å². The molecule has 0 radical (unpaired) electrons. The maximum Gasteiger partial charge on any atom is 0.0863 e. The second kappa shape index (κ2) is 6.02. The molecule has 0 aliphatic heterocycles. The Labute approximate surface area is 127 Å². The van der Waals surface area contributed by atoms with E-state index in [4.69, 9.17) is 0 Å². The molecule has 0 amide bonds. The van der Waals surface area contributed by atoms with Crippen molar-refractivity contribution in [1.29, 1.82) is 0 Å². The van der Waals surface area contributed by atoms with Crippen LogP contribution in [0.1, 0.15) is 56.2 Å². The van der Waals surface area contributed by atoms with Crippen molar-refractivity contribution in [2.75, 3.05) is 0 Å². The van der Waals surface area contributed by atoms with Crippen LogP contribution < -0.4 is 0 Å². The Kier molecular flexibility index (Phi) is 4.52. The van der Waals surface area contributed by atoms with Crippen LogP contribution in [-0.2, 0) is 25.3 Å². The van der Waals surface area contributed by atoms with Crippen LogP contribution in [-0.4, -0.2) is 14.9 Å². The summed E-state index contributed by atoms with van der Waals surface area (Å²) in [5.74, 6) is 0. The van der Waals surface area contributed by atoms with Crippen LogP contribution in [0, 0.1) is 0 Å². The molecule has 1 unspecified atom stereocenters. The first kappa shape index (κ1) is 15.8. The van der Waals surface area contributed by atoms with Crippen molar-refractivity contribution in [2.45, 2.75) is 52.1 Å². The summed E-state index contributed by atoms with van der Waals surface area (Å²) in [6.07, 6.45) is 2.90. The second-order valence-electron chi connectivity index (χ2n) is 6.73. The van der Waals surface area contributed by atoms with E-state index in [1.54, 1.807) is 4.68 Å². The first-order valence-electron chi connectivity index (χ1n) is 7.61. The number of aliphatic hydroxyl groups is 1. The molecule has 1 heterocycles. The van der Waals surface area contributed by atoms with Crippen LogP contribution >= 0.6 is 0 Å². The van der Waals surface area contributed by atoms with Gasteiger partial charge in [0.1, 0.15) is 0 Å². The van der Waals surface area contributed by atoms with E-state index in [1.165, 1.54) is 5.56 Å². The van der Waals surface area contributed by atoms with E-state index in [0.29, 0.717) is 6.42 Å². The molecule has 1 N–H and O–H groups in total. The maximum atomic E-state index is 10.5. The zero-order valence-electron chi connectivity index (χ0n) is 13.7. The van der Waals surface area contributed by atoms with Crippen molar-refractivity contribution < 1.29 is 5.11 Å². The normalized spacial score (nSPS) is 13.4. The fraction of sp³-hybridized carbons (Fsp3) is 0.500. The average molecular weight is 286 g/mol. The smallest absolute Gasteiger partial charge is 0.0863 e. The van der Waals surface area contributed by atoms with Gasteiger partial charge in [-0.25, -0.2) is 0 Å². The third kappa shape index (κ3) is 3.73. The highest BCUT2D eigenvalue weighted by Crippen LogP contribution is 2.25. The fourth-order valence-corrected chi connectivity index (χ4v) is 2.58. The van der Waals surface area contributed by atoms with E-state index in [2.05, 4.69) is 57.1 Å². The van der Waals surface area contributed by atoms with Gasteiger partial charge in [0, 0.05) is 25.2 Å². The van der Waals surface area contributed by atoms with Gasteiger partial charge in [-0.1, -0.05) is 52.0 Å². The molecule has 114 valence electrons. The molecule has 1 aromatic carbocycles. The van der Waals surface area contributed by atoms with Crippen LogP contribution in [0.25, 0.3) is 0 Å². The Hall–Kier alpha value is -1.61. The lowest BCUT2D eigenvalue weighted by atomic mass is 9.86. The Morgan fingerprint density at radius 1 is 1.19 bits per heavy atom. The van der Waals surface area contributed by atoms with Crippen molar-refractivity contribution in [2.24, 2.45) is 7.05 Å². The molecule has 0 bridgehead atoms. The van der Waals surface area contributed by atoms with E-state index in [1.807, 2.05) is 13.2 Å². The lowest BCUT2D eigenvalue weighted by molar-refractivity contribution is 0.177. The molecule has 0 aliphatic rings. The number of hydrogen-bond donors (Lipinski definition) is 1. The van der Waals surface area contributed by atoms with Gasteiger partial charge in [-0.2, -0.15) is 5.10 Å². The number of rotatable bonds is 4. The SMILES string of the molecule is CCc1nn(C)cc1C(O)Cc1ccc(C(C)(C)C)cc1. The predicted octanol–water partition coefficient (Wildman–Crippen LogP) is 3.56. The standard InChI is InChI=1S/C18H26N2O/c1-6-16-15(12-20(5)19-16)17(21)11-13-7-9-14(10-8-13)18(2,3)4/h7-10,12,17,21H,6,11H2,1-5H3. The van der Waals surface area contributed by atoms with Gasteiger partial charge in [0.25, 0.3) is 0 Å². The maximum absolute atomic E-state index is 10.5. The number of benzene rings is 1. The largest absolute Gasteiger partial charge is 0.388 e. The van der Waals surface area contributed by atoms with Crippen LogP contribution in [0.3, 0.4) is 0 Å². The highest BCUT2D eigenvalue weighted by molar-refractivity contribution is 5.29. The molecule has 3 nitrogen and oxygen atoms in total. The molecule has 0 saturated heterocycles. The first-order valence-corrected chi connectivity index (χ1v) is 7.61. The molecule has 0 spiro atoms. The quantitative estimate of drug-likeness (QED) is 0.933. The van der Waals surface area contributed by atoms with Gasteiger partial charge < -0.3 is 5.11 Å². The summed E-state index contributed by atoms with van der Waals surface area (Å²) in [7, 11) is 1.90. The summed E-state index contributed by atoms with van der Waals surface area (Å²) < 4.78 is 1.78. The Morgan fingerprint density at radius 3 is 2.33 bits per heavy atom. The van der Waals surface area contributed by atoms with Gasteiger partial charge in [0.15, 0.2) is 0 Å². The molecule has 1 aromatic heterocycles. The van der Waals surface area contributed by atoms with E-state index in [0.717, 1.165) is 23.2 Å². The minimum Gasteiger partial charge on any atom is -0.388 e. The summed E-state index contributed by atoms with van der Waals surface area (Å²) in [4.78, 5) is 0. The Bertz CT molecular complexity index is 591. The molecule has 2 rings (SSSR count). The third-order valence-corrected chi connectivity index (χ3v) is 3.88. The van der Waals surface area contributed by atoms with E-state index in [-0.39, 0.29) is 5.41 Å². The molecule has 21 heavy (non-hydrogen) atoms. The van der Waals surface area contributed by atoms with Gasteiger partial charge in [0.05, 0.1) is 11.8 Å². The van der Waals surface area contributed by atoms with Gasteiger partial charge in [-0.15, -0.1) is 0 Å². The van der Waals surface area contributed by atoms with Gasteiger partial charge in [0.2, 0.25) is 0 Å². The van der Waals surface area contributed by atoms with E-state index in [9.17, 15) is 5.11 Å². The molecule has 0 aliphatic carbocycles. The van der Waals surface area contributed by atoms with Gasteiger partial charge in [-0.05, 0) is 23.0 Å². The summed E-state index contributed by atoms with van der Waals surface area (Å²) in [5.41, 5.74) is 4.56. The van der Waals surface area contributed by atoms with Crippen LogP contribution in [0.4, 0.5) is 0 Å². The fourth-order valence-electron chi connectivity index (χ4n) is 2.58. The Balaban J connectivity index is 2.14. The molecule has 2 aromatic rings. The van der Waals surface area contributed by atoms with E-state index < -0.39 is 6.10 Å². The number of aliphatic hydroxyl groups excluding tert-OH is 1. The number of aromatic nitrogens is 2. The first-order chi connectivity index (χ1) is 9.81. The van der Waals surface area contributed by atoms with Crippen molar-refractivity contribution in [1.82, 2.24) is 9.78 Å². The topological polar surface area (TPSA) is 38.0 Å². The van der Waals surface area contributed by atoms with Crippen molar-refractivity contribution in [3.05, 3.63) is 52.8 Å². The third-order valence-electron chi connectivity index (χ3n) is 3.88. The average Bonchev–Trinajstić information content (AvgIpc) is 2.79. The minimum atomic E-state index is -0.492. The highest BCUT2D eigenvalue weighted by Gasteiger charge is 2.17. The van der Waals surface area contributed by atoms with Gasteiger partial charge in [-0.3, -0.25) is 4.68 Å². The predicted molar refractivity (Wildman–Crippen MR) is 86.4 cm³/mol. The minimum absolute atomic E-state index is 0.163. The second-order valence-corrected chi connectivity index (χ2v) is 6.73. The van der Waals surface area contributed by atoms with Crippen molar-refractivity contribution >= 4 is 0 Å². The van der Waals surface area contributed by atoms with Crippen molar-refractivity contribution in [3.63, 3.8) is 0 Å². The molecular weight excluding hydrogens is 260 g/mol. The van der Waals surface area contributed by atoms with Gasteiger partial charge >= 0.3 is 0 Å². The zero-order chi connectivity index (χ0) is 15.6. The van der Waals surface area contributed by atoms with Crippen LogP contribution in [0.5, 0.6) is 0 Å². The zero-order valence-corrected chi connectivity index (χ0v) is 13.7. The number of nitrogens with zero attached hydrogens (tertiary/aromatic N) is 2. The molecular formula is C18H26N2O. The molecule has 1 atom stereocenters.